The van der Waals surface area contributed by atoms with Gasteiger partial charge in [0.25, 0.3) is 5.91 Å². The van der Waals surface area contributed by atoms with E-state index in [2.05, 4.69) is 26.2 Å². The van der Waals surface area contributed by atoms with Gasteiger partial charge in [0.15, 0.2) is 5.58 Å². The summed E-state index contributed by atoms with van der Waals surface area (Å²) in [6.45, 7) is 1.95. The molecule has 3 aromatic carbocycles. The number of aromatic hydroxyl groups is 1. The van der Waals surface area contributed by atoms with Crippen LogP contribution in [-0.4, -0.2) is 16.0 Å². The number of halogens is 1. The standard InChI is InChI=1S/C21H15BrN2O3/c1-12-3-2-4-13(9-12)20(26)23-15-6-8-19-17(11-15)24-21(27-19)14-5-7-18(25)16(22)10-14/h2-11,25H,1H3,(H,23,26). The number of carbonyl (C=O) groups is 1. The smallest absolute Gasteiger partial charge is 0.255 e. The van der Waals surface area contributed by atoms with E-state index in [0.717, 1.165) is 11.1 Å². The number of nitrogens with one attached hydrogen (secondary N) is 1. The van der Waals surface area contributed by atoms with Gasteiger partial charge in [0.1, 0.15) is 11.3 Å². The van der Waals surface area contributed by atoms with Gasteiger partial charge in [0.05, 0.1) is 4.47 Å². The highest BCUT2D eigenvalue weighted by atomic mass is 79.9. The second kappa shape index (κ2) is 6.89. The number of phenols is 1. The van der Waals surface area contributed by atoms with Gasteiger partial charge in [-0.15, -0.1) is 0 Å². The largest absolute Gasteiger partial charge is 0.507 e. The number of phenolic OH excluding ortho intramolecular Hbond substituents is 1. The fourth-order valence-corrected chi connectivity index (χ4v) is 3.14. The number of fused-ring (bicyclic) bond motifs is 1. The molecule has 134 valence electrons. The second-order valence-corrected chi connectivity index (χ2v) is 7.05. The van der Waals surface area contributed by atoms with Crippen molar-refractivity contribution in [3.8, 4) is 17.2 Å². The van der Waals surface area contributed by atoms with Gasteiger partial charge in [-0.25, -0.2) is 4.98 Å². The topological polar surface area (TPSA) is 75.4 Å². The zero-order valence-corrected chi connectivity index (χ0v) is 15.9. The average Bonchev–Trinajstić information content (AvgIpc) is 3.07. The number of carbonyl (C=O) groups excluding carboxylic acids is 1. The number of nitrogens with zero attached hydrogens (tertiary/aromatic N) is 1. The zero-order chi connectivity index (χ0) is 19.0. The van der Waals surface area contributed by atoms with Crippen molar-refractivity contribution in [1.82, 2.24) is 4.98 Å². The lowest BCUT2D eigenvalue weighted by Gasteiger charge is -2.05. The molecule has 4 aromatic rings. The number of rotatable bonds is 3. The van der Waals surface area contributed by atoms with Crippen LogP contribution >= 0.6 is 15.9 Å². The van der Waals surface area contributed by atoms with Crippen molar-refractivity contribution in [2.75, 3.05) is 5.32 Å². The van der Waals surface area contributed by atoms with E-state index in [9.17, 15) is 9.90 Å². The molecule has 1 amide bonds. The third-order valence-corrected chi connectivity index (χ3v) is 4.76. The summed E-state index contributed by atoms with van der Waals surface area (Å²) >= 11 is 3.29. The van der Waals surface area contributed by atoms with Crippen molar-refractivity contribution < 1.29 is 14.3 Å². The maximum absolute atomic E-state index is 12.4. The number of aromatic nitrogens is 1. The molecule has 1 aromatic heterocycles. The Hall–Kier alpha value is -3.12. The molecule has 0 aliphatic heterocycles. The Labute approximate surface area is 163 Å². The first-order valence-electron chi connectivity index (χ1n) is 8.27. The fraction of sp³-hybridized carbons (Fsp3) is 0.0476. The zero-order valence-electron chi connectivity index (χ0n) is 14.4. The number of hydrogen-bond donors (Lipinski definition) is 2. The lowest BCUT2D eigenvalue weighted by molar-refractivity contribution is 0.102. The Bertz CT molecular complexity index is 1170. The first-order valence-corrected chi connectivity index (χ1v) is 9.06. The van der Waals surface area contributed by atoms with Gasteiger partial charge in [-0.2, -0.15) is 0 Å². The highest BCUT2D eigenvalue weighted by Crippen LogP contribution is 2.31. The van der Waals surface area contributed by atoms with Crippen LogP contribution < -0.4 is 5.32 Å². The molecule has 0 aliphatic rings. The fourth-order valence-electron chi connectivity index (χ4n) is 2.76. The van der Waals surface area contributed by atoms with Gasteiger partial charge in [0, 0.05) is 16.8 Å². The Morgan fingerprint density at radius 3 is 2.74 bits per heavy atom. The summed E-state index contributed by atoms with van der Waals surface area (Å²) < 4.78 is 6.35. The molecule has 0 fully saturated rings. The van der Waals surface area contributed by atoms with Gasteiger partial charge < -0.3 is 14.8 Å². The van der Waals surface area contributed by atoms with Crippen LogP contribution in [0.1, 0.15) is 15.9 Å². The summed E-state index contributed by atoms with van der Waals surface area (Å²) in [4.78, 5) is 16.9. The molecular weight excluding hydrogens is 408 g/mol. The SMILES string of the molecule is Cc1cccc(C(=O)Nc2ccc3oc(-c4ccc(O)c(Br)c4)nc3c2)c1. The number of aryl methyl sites for hydroxylation is 1. The highest BCUT2D eigenvalue weighted by Gasteiger charge is 2.12. The molecule has 1 heterocycles. The monoisotopic (exact) mass is 422 g/mol. The summed E-state index contributed by atoms with van der Waals surface area (Å²) in [6, 6.07) is 17.8. The van der Waals surface area contributed by atoms with Crippen molar-refractivity contribution >= 4 is 38.6 Å². The Morgan fingerprint density at radius 2 is 1.96 bits per heavy atom. The number of benzene rings is 3. The summed E-state index contributed by atoms with van der Waals surface area (Å²) in [5, 5.41) is 12.5. The van der Waals surface area contributed by atoms with Crippen LogP contribution in [0.4, 0.5) is 5.69 Å². The van der Waals surface area contributed by atoms with Crippen molar-refractivity contribution in [2.24, 2.45) is 0 Å². The van der Waals surface area contributed by atoms with E-state index in [-0.39, 0.29) is 11.7 Å². The first-order chi connectivity index (χ1) is 13.0. The lowest BCUT2D eigenvalue weighted by Crippen LogP contribution is -2.11. The molecule has 0 bridgehead atoms. The maximum atomic E-state index is 12.4. The molecule has 5 nitrogen and oxygen atoms in total. The molecular formula is C21H15BrN2O3. The number of anilines is 1. The molecule has 0 unspecified atom stereocenters. The van der Waals surface area contributed by atoms with Crippen molar-refractivity contribution in [2.45, 2.75) is 6.92 Å². The van der Waals surface area contributed by atoms with E-state index in [0.29, 0.717) is 32.7 Å². The average molecular weight is 423 g/mol. The van der Waals surface area contributed by atoms with Crippen LogP contribution in [0.25, 0.3) is 22.6 Å². The van der Waals surface area contributed by atoms with E-state index in [1.165, 1.54) is 0 Å². The minimum absolute atomic E-state index is 0.149. The quantitative estimate of drug-likeness (QED) is 0.455. The van der Waals surface area contributed by atoms with E-state index in [1.807, 2.05) is 25.1 Å². The van der Waals surface area contributed by atoms with Crippen molar-refractivity contribution in [1.29, 1.82) is 0 Å². The Balaban J connectivity index is 1.62. The number of oxazole rings is 1. The van der Waals surface area contributed by atoms with Crippen molar-refractivity contribution in [3.63, 3.8) is 0 Å². The van der Waals surface area contributed by atoms with E-state index < -0.39 is 0 Å². The van der Waals surface area contributed by atoms with Crippen LogP contribution in [0, 0.1) is 6.92 Å². The van der Waals surface area contributed by atoms with Gasteiger partial charge >= 0.3 is 0 Å². The molecule has 0 aliphatic carbocycles. The van der Waals surface area contributed by atoms with Gasteiger partial charge in [-0.1, -0.05) is 17.7 Å². The minimum Gasteiger partial charge on any atom is -0.507 e. The lowest BCUT2D eigenvalue weighted by atomic mass is 10.1. The van der Waals surface area contributed by atoms with Crippen LogP contribution in [0.5, 0.6) is 5.75 Å². The predicted molar refractivity (Wildman–Crippen MR) is 108 cm³/mol. The van der Waals surface area contributed by atoms with Gasteiger partial charge in [-0.05, 0) is 71.4 Å². The summed E-state index contributed by atoms with van der Waals surface area (Å²) in [5.41, 5.74) is 4.25. The summed E-state index contributed by atoms with van der Waals surface area (Å²) in [5.74, 6) is 0.410. The highest BCUT2D eigenvalue weighted by molar-refractivity contribution is 9.10. The number of amides is 1. The van der Waals surface area contributed by atoms with E-state index in [1.54, 1.807) is 42.5 Å². The maximum Gasteiger partial charge on any atom is 0.255 e. The van der Waals surface area contributed by atoms with Crippen LogP contribution in [-0.2, 0) is 0 Å². The van der Waals surface area contributed by atoms with Gasteiger partial charge in [0.2, 0.25) is 5.89 Å². The first kappa shape index (κ1) is 17.3. The molecule has 6 heteroatoms. The van der Waals surface area contributed by atoms with E-state index in [4.69, 9.17) is 4.42 Å². The van der Waals surface area contributed by atoms with Crippen LogP contribution in [0.3, 0.4) is 0 Å². The molecule has 0 atom stereocenters. The van der Waals surface area contributed by atoms with Gasteiger partial charge in [-0.3, -0.25) is 4.79 Å². The Kier molecular flexibility index (Phi) is 4.41. The molecule has 4 rings (SSSR count). The van der Waals surface area contributed by atoms with Crippen LogP contribution in [0.2, 0.25) is 0 Å². The molecule has 0 saturated heterocycles. The second-order valence-electron chi connectivity index (χ2n) is 6.19. The third kappa shape index (κ3) is 3.57. The molecule has 2 N–H and O–H groups in total. The summed E-state index contributed by atoms with van der Waals surface area (Å²) in [7, 11) is 0. The third-order valence-electron chi connectivity index (χ3n) is 4.12. The minimum atomic E-state index is -0.177. The molecule has 0 radical (unpaired) electrons. The normalized spacial score (nSPS) is 10.9. The summed E-state index contributed by atoms with van der Waals surface area (Å²) in [6.07, 6.45) is 0. The molecule has 0 spiro atoms. The van der Waals surface area contributed by atoms with Crippen LogP contribution in [0.15, 0.2) is 69.6 Å². The molecule has 0 saturated carbocycles. The van der Waals surface area contributed by atoms with Crippen molar-refractivity contribution in [3.05, 3.63) is 76.3 Å². The van der Waals surface area contributed by atoms with E-state index >= 15 is 0 Å². The number of hydrogen-bond acceptors (Lipinski definition) is 4. The predicted octanol–water partition coefficient (Wildman–Crippen LogP) is 5.52. The Morgan fingerprint density at radius 1 is 1.11 bits per heavy atom. The molecule has 27 heavy (non-hydrogen) atoms.